The lowest BCUT2D eigenvalue weighted by molar-refractivity contribution is 0.133. The van der Waals surface area contributed by atoms with Crippen molar-refractivity contribution in [1.82, 2.24) is 9.62 Å². The van der Waals surface area contributed by atoms with Gasteiger partial charge in [0.25, 0.3) is 0 Å². The summed E-state index contributed by atoms with van der Waals surface area (Å²) in [6.45, 7) is 0.600. The minimum absolute atomic E-state index is 0.161. The number of methoxy groups -OCH3 is 1. The van der Waals surface area contributed by atoms with Gasteiger partial charge in [0.2, 0.25) is 0 Å². The first-order valence-electron chi connectivity index (χ1n) is 9.24. The summed E-state index contributed by atoms with van der Waals surface area (Å²) in [5, 5.41) is 3.11. The molecule has 0 spiro atoms. The summed E-state index contributed by atoms with van der Waals surface area (Å²) in [7, 11) is 3.07. The fraction of sp³-hybridized carbons (Fsp3) is 0.579. The predicted octanol–water partition coefficient (Wildman–Crippen LogP) is 3.52. The number of rotatable bonds is 6. The van der Waals surface area contributed by atoms with Gasteiger partial charge in [-0.05, 0) is 79.1 Å². The zero-order chi connectivity index (χ0) is 18.5. The monoisotopic (exact) mass is 377 g/mol. The van der Waals surface area contributed by atoms with E-state index >= 15 is 0 Å². The number of nitrogens with zero attached hydrogens (tertiary/aromatic N) is 1. The van der Waals surface area contributed by atoms with Crippen LogP contribution in [-0.4, -0.2) is 43.5 Å². The van der Waals surface area contributed by atoms with E-state index in [4.69, 9.17) is 0 Å². The summed E-state index contributed by atoms with van der Waals surface area (Å²) in [4.78, 5) is 25.2. The first kappa shape index (κ1) is 18.9. The predicted molar refractivity (Wildman–Crippen MR) is 105 cm³/mol. The number of ether oxygens (including phenoxy) is 1. The molecule has 0 atom stereocenters. The molecular formula is C19H27N3O3S. The number of hydrogen-bond acceptors (Lipinski definition) is 4. The molecule has 0 saturated carbocycles. The van der Waals surface area contributed by atoms with Crippen molar-refractivity contribution in [2.45, 2.75) is 44.9 Å². The number of hydrogen-bond donors (Lipinski definition) is 2. The summed E-state index contributed by atoms with van der Waals surface area (Å²) in [6.07, 6.45) is 7.17. The zero-order valence-electron chi connectivity index (χ0n) is 15.5. The highest BCUT2D eigenvalue weighted by Crippen LogP contribution is 2.38. The second-order valence-electron chi connectivity index (χ2n) is 6.88. The zero-order valence-corrected chi connectivity index (χ0v) is 16.3. The van der Waals surface area contributed by atoms with E-state index in [1.54, 1.807) is 7.05 Å². The number of amides is 3. The Morgan fingerprint density at radius 1 is 1.15 bits per heavy atom. The maximum Gasteiger partial charge on any atom is 0.409 e. The van der Waals surface area contributed by atoms with Crippen molar-refractivity contribution in [3.63, 3.8) is 0 Å². The highest BCUT2D eigenvalue weighted by molar-refractivity contribution is 7.97. The van der Waals surface area contributed by atoms with Crippen LogP contribution in [0.4, 0.5) is 15.3 Å². The first-order chi connectivity index (χ1) is 12.6. The van der Waals surface area contributed by atoms with Gasteiger partial charge in [0.1, 0.15) is 0 Å². The maximum absolute atomic E-state index is 12.3. The van der Waals surface area contributed by atoms with Crippen LogP contribution in [0.3, 0.4) is 0 Å². The van der Waals surface area contributed by atoms with Crippen molar-refractivity contribution in [1.29, 1.82) is 0 Å². The van der Waals surface area contributed by atoms with E-state index < -0.39 is 0 Å². The van der Waals surface area contributed by atoms with E-state index in [2.05, 4.69) is 20.8 Å². The average molecular weight is 378 g/mol. The third-order valence-corrected chi connectivity index (χ3v) is 5.93. The molecule has 0 aromatic heterocycles. The Balaban J connectivity index is 1.48. The molecule has 1 aromatic rings. The molecule has 0 saturated heterocycles. The van der Waals surface area contributed by atoms with Crippen molar-refractivity contribution in [2.75, 3.05) is 31.8 Å². The van der Waals surface area contributed by atoms with Crippen molar-refractivity contribution in [3.8, 4) is 0 Å². The molecule has 3 rings (SSSR count). The van der Waals surface area contributed by atoms with Gasteiger partial charge >= 0.3 is 12.1 Å². The Hall–Kier alpha value is -1.89. The highest BCUT2D eigenvalue weighted by atomic mass is 32.2. The van der Waals surface area contributed by atoms with Crippen LogP contribution in [0, 0.1) is 0 Å². The Bertz CT molecular complexity index is 661. The van der Waals surface area contributed by atoms with Gasteiger partial charge in [-0.25, -0.2) is 9.59 Å². The number of urea groups is 1. The average Bonchev–Trinajstić information content (AvgIpc) is 3.29. The van der Waals surface area contributed by atoms with Gasteiger partial charge in [0.05, 0.1) is 7.11 Å². The van der Waals surface area contributed by atoms with Gasteiger partial charge in [-0.3, -0.25) is 4.72 Å². The fourth-order valence-corrected chi connectivity index (χ4v) is 4.40. The van der Waals surface area contributed by atoms with Crippen LogP contribution in [-0.2, 0) is 30.4 Å². The Kier molecular flexibility index (Phi) is 6.29. The first-order valence-corrected chi connectivity index (χ1v) is 10.2. The molecule has 0 bridgehead atoms. The molecule has 1 aromatic carbocycles. The fourth-order valence-electron chi connectivity index (χ4n) is 3.84. The summed E-state index contributed by atoms with van der Waals surface area (Å²) < 4.78 is 7.51. The standard InChI is InChI=1S/C19H27N3O3S/c1-22(19(24)25-2)10-5-11-26-21-18(23)20-17-15-8-3-6-13(15)12-14-7-4-9-16(14)17/h12H,3-11H2,1-2H3,(H2,20,21,23). The summed E-state index contributed by atoms with van der Waals surface area (Å²) in [5.41, 5.74) is 6.57. The van der Waals surface area contributed by atoms with Gasteiger partial charge in [-0.1, -0.05) is 6.07 Å². The lowest BCUT2D eigenvalue weighted by Crippen LogP contribution is -2.28. The van der Waals surface area contributed by atoms with Crippen molar-refractivity contribution in [2.24, 2.45) is 0 Å². The molecule has 2 N–H and O–H groups in total. The molecule has 0 radical (unpaired) electrons. The molecular weight excluding hydrogens is 350 g/mol. The maximum atomic E-state index is 12.3. The smallest absolute Gasteiger partial charge is 0.409 e. The molecule has 142 valence electrons. The van der Waals surface area contributed by atoms with Crippen LogP contribution in [0.15, 0.2) is 6.07 Å². The third kappa shape index (κ3) is 4.26. The quantitative estimate of drug-likeness (QED) is 0.588. The summed E-state index contributed by atoms with van der Waals surface area (Å²) in [6, 6.07) is 2.20. The molecule has 2 aliphatic rings. The molecule has 0 fully saturated rings. The lowest BCUT2D eigenvalue weighted by atomic mass is 9.99. The number of benzene rings is 1. The van der Waals surface area contributed by atoms with E-state index in [9.17, 15) is 9.59 Å². The van der Waals surface area contributed by atoms with Crippen molar-refractivity contribution >= 4 is 29.8 Å². The minimum atomic E-state index is -0.340. The second-order valence-corrected chi connectivity index (χ2v) is 7.78. The van der Waals surface area contributed by atoms with Gasteiger partial charge in [-0.15, -0.1) is 0 Å². The Morgan fingerprint density at radius 3 is 2.42 bits per heavy atom. The van der Waals surface area contributed by atoms with E-state index in [-0.39, 0.29) is 12.1 Å². The van der Waals surface area contributed by atoms with E-state index in [1.807, 2.05) is 0 Å². The van der Waals surface area contributed by atoms with Crippen LogP contribution < -0.4 is 10.0 Å². The summed E-state index contributed by atoms with van der Waals surface area (Å²) >= 11 is 1.37. The molecule has 6 nitrogen and oxygen atoms in total. The van der Waals surface area contributed by atoms with Crippen LogP contribution in [0.25, 0.3) is 0 Å². The minimum Gasteiger partial charge on any atom is -0.453 e. The van der Waals surface area contributed by atoms with Crippen molar-refractivity contribution in [3.05, 3.63) is 28.3 Å². The molecule has 0 aliphatic heterocycles. The van der Waals surface area contributed by atoms with Gasteiger partial charge in [0, 0.05) is 25.0 Å². The number of aryl methyl sites for hydroxylation is 2. The van der Waals surface area contributed by atoms with E-state index in [0.29, 0.717) is 6.54 Å². The molecule has 0 unspecified atom stereocenters. The van der Waals surface area contributed by atoms with E-state index in [0.717, 1.165) is 43.5 Å². The molecule has 2 aliphatic carbocycles. The van der Waals surface area contributed by atoms with Gasteiger partial charge in [0.15, 0.2) is 0 Å². The number of nitrogens with one attached hydrogen (secondary N) is 2. The third-order valence-electron chi connectivity index (χ3n) is 5.10. The van der Waals surface area contributed by atoms with Crippen LogP contribution in [0.1, 0.15) is 41.5 Å². The van der Waals surface area contributed by atoms with Crippen LogP contribution >= 0.6 is 11.9 Å². The number of anilines is 1. The largest absolute Gasteiger partial charge is 0.453 e. The normalized spacial score (nSPS) is 14.5. The Labute approximate surface area is 159 Å². The van der Waals surface area contributed by atoms with Crippen LogP contribution in [0.2, 0.25) is 0 Å². The van der Waals surface area contributed by atoms with E-state index in [1.165, 1.54) is 59.1 Å². The number of fused-ring (bicyclic) bond motifs is 2. The number of carbonyl (C=O) groups excluding carboxylic acids is 2. The van der Waals surface area contributed by atoms with Gasteiger partial charge in [-0.2, -0.15) is 0 Å². The highest BCUT2D eigenvalue weighted by Gasteiger charge is 2.24. The molecule has 7 heteroatoms. The molecule has 0 heterocycles. The SMILES string of the molecule is COC(=O)N(C)CCCSNC(=O)Nc1c2c(cc3c1CCC3)CCC2. The topological polar surface area (TPSA) is 70.7 Å². The van der Waals surface area contributed by atoms with Gasteiger partial charge < -0.3 is 15.0 Å². The number of carbonyl (C=O) groups is 2. The Morgan fingerprint density at radius 2 is 1.81 bits per heavy atom. The van der Waals surface area contributed by atoms with Crippen LogP contribution in [0.5, 0.6) is 0 Å². The molecule has 26 heavy (non-hydrogen) atoms. The lowest BCUT2D eigenvalue weighted by Gasteiger charge is -2.17. The van der Waals surface area contributed by atoms with Crippen molar-refractivity contribution < 1.29 is 14.3 Å². The summed E-state index contributed by atoms with van der Waals surface area (Å²) in [5.74, 6) is 0.736. The second kappa shape index (κ2) is 8.66. The molecule has 3 amide bonds.